The maximum Gasteiger partial charge on any atom is 0.240 e. The first-order chi connectivity index (χ1) is 8.67. The van der Waals surface area contributed by atoms with Gasteiger partial charge < -0.3 is 4.74 Å². The highest BCUT2D eigenvalue weighted by Crippen LogP contribution is 2.13. The van der Waals surface area contributed by atoms with Crippen molar-refractivity contribution in [3.8, 4) is 5.75 Å². The summed E-state index contributed by atoms with van der Waals surface area (Å²) in [5.74, 6) is 0.735. The van der Waals surface area contributed by atoms with Crippen molar-refractivity contribution in [1.82, 2.24) is 5.43 Å². The summed E-state index contributed by atoms with van der Waals surface area (Å²) >= 11 is 0. The van der Waals surface area contributed by atoms with Gasteiger partial charge in [-0.15, -0.1) is 0 Å². The lowest BCUT2D eigenvalue weighted by molar-refractivity contribution is -0.121. The molecule has 0 fully saturated rings. The van der Waals surface area contributed by atoms with Crippen molar-refractivity contribution in [1.29, 1.82) is 0 Å². The molecule has 18 heavy (non-hydrogen) atoms. The third-order valence-electron chi connectivity index (χ3n) is 2.59. The molecule has 4 nitrogen and oxygen atoms in total. The molecule has 0 bridgehead atoms. The van der Waals surface area contributed by atoms with E-state index in [9.17, 15) is 4.79 Å². The lowest BCUT2D eigenvalue weighted by Crippen LogP contribution is -2.18. The molecule has 0 aromatic heterocycles. The summed E-state index contributed by atoms with van der Waals surface area (Å²) in [6.07, 6.45) is 2.41. The molecule has 1 aromatic carbocycles. The molecule has 0 saturated heterocycles. The highest BCUT2D eigenvalue weighted by Gasteiger charge is 2.01. The van der Waals surface area contributed by atoms with Crippen molar-refractivity contribution in [2.75, 3.05) is 7.11 Å². The lowest BCUT2D eigenvalue weighted by Gasteiger charge is -2.04. The smallest absolute Gasteiger partial charge is 0.240 e. The summed E-state index contributed by atoms with van der Waals surface area (Å²) in [4.78, 5) is 11.4. The molecule has 1 amide bonds. The van der Waals surface area contributed by atoms with E-state index < -0.39 is 0 Å². The summed E-state index contributed by atoms with van der Waals surface area (Å²) in [6, 6.07) is 7.58. The predicted molar refractivity (Wildman–Crippen MR) is 72.9 cm³/mol. The van der Waals surface area contributed by atoms with Crippen LogP contribution in [0.4, 0.5) is 0 Å². The fourth-order valence-corrected chi connectivity index (χ4v) is 1.45. The van der Waals surface area contributed by atoms with Gasteiger partial charge in [-0.25, -0.2) is 5.43 Å². The Balaban J connectivity index is 2.62. The van der Waals surface area contributed by atoms with Crippen molar-refractivity contribution < 1.29 is 9.53 Å². The molecule has 1 N–H and O–H groups in total. The molecule has 98 valence electrons. The highest BCUT2D eigenvalue weighted by molar-refractivity contribution is 5.99. The number of benzene rings is 1. The fourth-order valence-electron chi connectivity index (χ4n) is 1.45. The van der Waals surface area contributed by atoms with Crippen LogP contribution in [0.15, 0.2) is 29.4 Å². The van der Waals surface area contributed by atoms with Crippen LogP contribution < -0.4 is 10.2 Å². The Labute approximate surface area is 108 Å². The molecule has 0 spiro atoms. The van der Waals surface area contributed by atoms with Crippen LogP contribution in [0, 0.1) is 0 Å². The Morgan fingerprint density at radius 3 is 2.89 bits per heavy atom. The minimum absolute atomic E-state index is 0.0425. The second-order valence-corrected chi connectivity index (χ2v) is 4.07. The number of nitrogens with one attached hydrogen (secondary N) is 1. The van der Waals surface area contributed by atoms with Crippen molar-refractivity contribution in [3.63, 3.8) is 0 Å². The Hall–Kier alpha value is -1.84. The number of carbonyl (C=O) groups is 1. The van der Waals surface area contributed by atoms with Crippen molar-refractivity contribution in [2.24, 2.45) is 5.10 Å². The van der Waals surface area contributed by atoms with Gasteiger partial charge in [0.05, 0.1) is 12.8 Å². The maximum atomic E-state index is 11.4. The number of carbonyl (C=O) groups excluding carboxylic acids is 1. The quantitative estimate of drug-likeness (QED) is 0.621. The molecule has 1 aromatic rings. The van der Waals surface area contributed by atoms with Gasteiger partial charge in [0.1, 0.15) is 5.75 Å². The van der Waals surface area contributed by atoms with Gasteiger partial charge in [0.15, 0.2) is 0 Å². The molecule has 0 atom stereocenters. The Kier molecular flexibility index (Phi) is 5.91. The van der Waals surface area contributed by atoms with E-state index in [1.54, 1.807) is 7.11 Å². The van der Waals surface area contributed by atoms with Gasteiger partial charge in [-0.2, -0.15) is 5.10 Å². The van der Waals surface area contributed by atoms with E-state index in [0.717, 1.165) is 29.9 Å². The Morgan fingerprint density at radius 2 is 2.22 bits per heavy atom. The van der Waals surface area contributed by atoms with Gasteiger partial charge in [-0.05, 0) is 25.5 Å². The number of rotatable bonds is 6. The summed E-state index contributed by atoms with van der Waals surface area (Å²) in [5.41, 5.74) is 4.26. The van der Waals surface area contributed by atoms with Crippen molar-refractivity contribution in [3.05, 3.63) is 29.8 Å². The molecule has 0 heterocycles. The van der Waals surface area contributed by atoms with Crippen LogP contribution in [0.2, 0.25) is 0 Å². The third kappa shape index (κ3) is 4.57. The monoisotopic (exact) mass is 248 g/mol. The number of hydrogen-bond donors (Lipinski definition) is 1. The highest BCUT2D eigenvalue weighted by atomic mass is 16.5. The molecule has 1 rings (SSSR count). The molecule has 0 aliphatic carbocycles. The van der Waals surface area contributed by atoms with E-state index in [0.29, 0.717) is 6.42 Å². The van der Waals surface area contributed by atoms with Crippen LogP contribution in [0.25, 0.3) is 0 Å². The van der Waals surface area contributed by atoms with E-state index >= 15 is 0 Å². The molecule has 0 unspecified atom stereocenters. The third-order valence-corrected chi connectivity index (χ3v) is 2.59. The SMILES string of the molecule is CCCCC(=O)N/N=C(\C)c1cccc(OC)c1. The van der Waals surface area contributed by atoms with E-state index in [4.69, 9.17) is 4.74 Å². The first-order valence-electron chi connectivity index (χ1n) is 6.15. The zero-order valence-corrected chi connectivity index (χ0v) is 11.2. The summed E-state index contributed by atoms with van der Waals surface area (Å²) in [5, 5.41) is 4.08. The molecular formula is C14H20N2O2. The van der Waals surface area contributed by atoms with Crippen LogP contribution in [-0.4, -0.2) is 18.7 Å². The first-order valence-corrected chi connectivity index (χ1v) is 6.15. The Bertz CT molecular complexity index is 428. The number of amides is 1. The fraction of sp³-hybridized carbons (Fsp3) is 0.429. The van der Waals surface area contributed by atoms with Gasteiger partial charge in [-0.3, -0.25) is 4.79 Å². The molecule has 0 saturated carbocycles. The lowest BCUT2D eigenvalue weighted by atomic mass is 10.1. The molecular weight excluding hydrogens is 228 g/mol. The maximum absolute atomic E-state index is 11.4. The second-order valence-electron chi connectivity index (χ2n) is 4.07. The predicted octanol–water partition coefficient (Wildman–Crippen LogP) is 2.73. The normalized spacial score (nSPS) is 11.2. The van der Waals surface area contributed by atoms with Gasteiger partial charge in [0.25, 0.3) is 0 Å². The topological polar surface area (TPSA) is 50.7 Å². The minimum atomic E-state index is -0.0425. The molecule has 4 heteroatoms. The Morgan fingerprint density at radius 1 is 1.44 bits per heavy atom. The van der Waals surface area contributed by atoms with E-state index in [-0.39, 0.29) is 5.91 Å². The second kappa shape index (κ2) is 7.48. The van der Waals surface area contributed by atoms with Gasteiger partial charge in [0.2, 0.25) is 5.91 Å². The van der Waals surface area contributed by atoms with E-state index in [1.165, 1.54) is 0 Å². The zero-order valence-electron chi connectivity index (χ0n) is 11.2. The molecule has 0 aliphatic heterocycles. The van der Waals surface area contributed by atoms with Crippen LogP contribution in [0.1, 0.15) is 38.7 Å². The summed E-state index contributed by atoms with van der Waals surface area (Å²) in [6.45, 7) is 3.91. The standard InChI is InChI=1S/C14H20N2O2/c1-4-5-9-14(17)16-15-11(2)12-7-6-8-13(10-12)18-3/h6-8,10H,4-5,9H2,1-3H3,(H,16,17)/b15-11+. The largest absolute Gasteiger partial charge is 0.497 e. The van der Waals surface area contributed by atoms with Crippen LogP contribution in [0.3, 0.4) is 0 Å². The van der Waals surface area contributed by atoms with Crippen molar-refractivity contribution >= 4 is 11.6 Å². The van der Waals surface area contributed by atoms with Gasteiger partial charge in [0, 0.05) is 12.0 Å². The number of unbranched alkanes of at least 4 members (excludes halogenated alkanes) is 1. The average Bonchev–Trinajstić information content (AvgIpc) is 2.42. The molecule has 0 radical (unpaired) electrons. The van der Waals surface area contributed by atoms with E-state index in [2.05, 4.69) is 17.5 Å². The number of methoxy groups -OCH3 is 1. The van der Waals surface area contributed by atoms with Gasteiger partial charge in [-0.1, -0.05) is 25.5 Å². The van der Waals surface area contributed by atoms with E-state index in [1.807, 2.05) is 31.2 Å². The van der Waals surface area contributed by atoms with Crippen molar-refractivity contribution in [2.45, 2.75) is 33.1 Å². The number of hydrogen-bond acceptors (Lipinski definition) is 3. The van der Waals surface area contributed by atoms with Crippen LogP contribution in [0.5, 0.6) is 5.75 Å². The first kappa shape index (κ1) is 14.2. The number of ether oxygens (including phenoxy) is 1. The van der Waals surface area contributed by atoms with Crippen LogP contribution in [-0.2, 0) is 4.79 Å². The molecule has 0 aliphatic rings. The number of nitrogens with zero attached hydrogens (tertiary/aromatic N) is 1. The number of hydrazone groups is 1. The summed E-state index contributed by atoms with van der Waals surface area (Å²) in [7, 11) is 1.62. The zero-order chi connectivity index (χ0) is 13.4. The average molecular weight is 248 g/mol. The van der Waals surface area contributed by atoms with Gasteiger partial charge >= 0.3 is 0 Å². The minimum Gasteiger partial charge on any atom is -0.497 e. The van der Waals surface area contributed by atoms with Crippen LogP contribution >= 0.6 is 0 Å². The summed E-state index contributed by atoms with van der Waals surface area (Å²) < 4.78 is 5.14.